The molecule has 8 heteroatoms. The van der Waals surface area contributed by atoms with Gasteiger partial charge in [0.2, 0.25) is 16.4 Å². The van der Waals surface area contributed by atoms with Crippen molar-refractivity contribution in [2.45, 2.75) is 37.6 Å². The largest absolute Gasteiger partial charge is 1.00 e. The molecule has 0 aliphatic carbocycles. The molecule has 2 N–H and O–H groups in total. The second-order valence-corrected chi connectivity index (χ2v) is 8.15. The lowest BCUT2D eigenvalue weighted by molar-refractivity contribution is -0.695. The molecule has 1 aromatic heterocycles. The number of imidazole rings is 1. The van der Waals surface area contributed by atoms with Crippen LogP contribution in [0.5, 0.6) is 5.75 Å². The van der Waals surface area contributed by atoms with E-state index in [0.717, 1.165) is 30.5 Å². The van der Waals surface area contributed by atoms with Crippen LogP contribution in [0.1, 0.15) is 26.2 Å². The molecule has 6 nitrogen and oxygen atoms in total. The average Bonchev–Trinajstić information content (AvgIpc) is 3.19. The molecule has 0 spiro atoms. The van der Waals surface area contributed by atoms with Gasteiger partial charge in [0.05, 0.1) is 18.0 Å². The van der Waals surface area contributed by atoms with E-state index < -0.39 is 10.0 Å². The summed E-state index contributed by atoms with van der Waals surface area (Å²) in [6, 6.07) is 10.9. The number of halogens is 1. The third-order valence-corrected chi connectivity index (χ3v) is 5.90. The van der Waals surface area contributed by atoms with E-state index in [1.165, 1.54) is 0 Å². The molecule has 0 bridgehead atoms. The summed E-state index contributed by atoms with van der Waals surface area (Å²) in [6.45, 7) is 3.86. The number of sulfonamides is 1. The molecule has 0 fully saturated rings. The normalized spacial score (nSPS) is 11.3. The van der Waals surface area contributed by atoms with Crippen molar-refractivity contribution in [3.8, 4) is 5.75 Å². The van der Waals surface area contributed by atoms with E-state index >= 15 is 0 Å². The van der Waals surface area contributed by atoms with Crippen molar-refractivity contribution >= 4 is 20.8 Å². The maximum absolute atomic E-state index is 12.8. The predicted molar refractivity (Wildman–Crippen MR) is 105 cm³/mol. The van der Waals surface area contributed by atoms with Gasteiger partial charge >= 0.3 is 0 Å². The number of rotatable bonds is 10. The Bertz CT molecular complexity index is 976. The van der Waals surface area contributed by atoms with E-state index in [9.17, 15) is 8.42 Å². The van der Waals surface area contributed by atoms with Crippen molar-refractivity contribution in [3.05, 3.63) is 55.1 Å². The van der Waals surface area contributed by atoms with Gasteiger partial charge in [-0.2, -0.15) is 0 Å². The van der Waals surface area contributed by atoms with Gasteiger partial charge in [0.15, 0.2) is 0 Å². The molecular weight excluding hydrogens is 442 g/mol. The van der Waals surface area contributed by atoms with Crippen LogP contribution in [0, 0.1) is 0 Å². The highest BCUT2D eigenvalue weighted by Crippen LogP contribution is 2.31. The summed E-state index contributed by atoms with van der Waals surface area (Å²) < 4.78 is 36.2. The topological polar surface area (TPSA) is 75.1 Å². The molecule has 152 valence electrons. The quantitative estimate of drug-likeness (QED) is 0.325. The molecule has 0 radical (unpaired) electrons. The van der Waals surface area contributed by atoms with Crippen molar-refractivity contribution in [2.24, 2.45) is 0 Å². The zero-order valence-corrected chi connectivity index (χ0v) is 18.3. The van der Waals surface area contributed by atoms with Crippen molar-refractivity contribution in [1.29, 1.82) is 0 Å². The summed E-state index contributed by atoms with van der Waals surface area (Å²) in [6.07, 6.45) is 8.32. The monoisotopic (exact) mass is 467 g/mol. The number of H-pyrrole nitrogens is 1. The first-order valence-electron chi connectivity index (χ1n) is 9.28. The summed E-state index contributed by atoms with van der Waals surface area (Å²) in [5.41, 5.74) is 0. The standard InChI is InChI=1S/C20H25N3O3S.BrH/c1-2-3-15-26-19-9-10-20(18-8-5-4-7-17(18)19)27(24,25)22-11-6-13-23-14-12-21-16-23;/h4-5,7-10,12,14,16,22H,2-3,6,11,13,15H2,1H3;1H. The fourth-order valence-corrected chi connectivity index (χ4v) is 4.22. The Hall–Kier alpha value is -1.90. The Kier molecular flexibility index (Phi) is 8.47. The van der Waals surface area contributed by atoms with Crippen molar-refractivity contribution in [3.63, 3.8) is 0 Å². The predicted octanol–water partition coefficient (Wildman–Crippen LogP) is 0.00690. The second kappa shape index (κ2) is 10.6. The van der Waals surface area contributed by atoms with Crippen molar-refractivity contribution in [1.82, 2.24) is 9.71 Å². The molecule has 28 heavy (non-hydrogen) atoms. The van der Waals surface area contributed by atoms with Gasteiger partial charge < -0.3 is 21.7 Å². The summed E-state index contributed by atoms with van der Waals surface area (Å²) >= 11 is 0. The maximum Gasteiger partial charge on any atom is 0.241 e. The van der Waals surface area contributed by atoms with Crippen LogP contribution in [-0.2, 0) is 16.6 Å². The highest BCUT2D eigenvalue weighted by molar-refractivity contribution is 7.89. The van der Waals surface area contributed by atoms with Crippen molar-refractivity contribution in [2.75, 3.05) is 13.2 Å². The fraction of sp³-hybridized carbons (Fsp3) is 0.350. The molecule has 0 amide bonds. The van der Waals surface area contributed by atoms with Crippen LogP contribution in [0.4, 0.5) is 0 Å². The van der Waals surface area contributed by atoms with E-state index in [1.54, 1.807) is 12.1 Å². The van der Waals surface area contributed by atoms with Crippen LogP contribution in [0.3, 0.4) is 0 Å². The Balaban J connectivity index is 0.00000280. The Morgan fingerprint density at radius 1 is 1.11 bits per heavy atom. The Morgan fingerprint density at radius 3 is 2.61 bits per heavy atom. The molecule has 1 heterocycles. The molecule has 0 atom stereocenters. The highest BCUT2D eigenvalue weighted by atomic mass is 79.9. The van der Waals surface area contributed by atoms with Gasteiger partial charge in [-0.05, 0) is 25.0 Å². The number of hydrogen-bond acceptors (Lipinski definition) is 3. The van der Waals surface area contributed by atoms with E-state index in [0.29, 0.717) is 25.0 Å². The van der Waals surface area contributed by atoms with Crippen LogP contribution in [-0.4, -0.2) is 26.6 Å². The van der Waals surface area contributed by atoms with E-state index in [4.69, 9.17) is 4.74 Å². The van der Waals surface area contributed by atoms with Crippen LogP contribution in [0.25, 0.3) is 10.8 Å². The second-order valence-electron chi connectivity index (χ2n) is 6.41. The van der Waals surface area contributed by atoms with Crippen LogP contribution in [0.15, 0.2) is 60.0 Å². The molecular formula is C20H26BrN3O3S. The van der Waals surface area contributed by atoms with Crippen molar-refractivity contribution < 1.29 is 34.7 Å². The third kappa shape index (κ3) is 5.56. The molecule has 3 rings (SSSR count). The molecule has 2 aromatic carbocycles. The number of aryl methyl sites for hydroxylation is 1. The minimum Gasteiger partial charge on any atom is -1.00 e. The number of aromatic nitrogens is 2. The smallest absolute Gasteiger partial charge is 0.241 e. The molecule has 3 aromatic rings. The summed E-state index contributed by atoms with van der Waals surface area (Å²) in [7, 11) is -3.59. The highest BCUT2D eigenvalue weighted by Gasteiger charge is 2.18. The first kappa shape index (κ1) is 22.4. The van der Waals surface area contributed by atoms with Gasteiger partial charge in [-0.1, -0.05) is 37.6 Å². The summed E-state index contributed by atoms with van der Waals surface area (Å²) in [5.74, 6) is 0.724. The van der Waals surface area contributed by atoms with Gasteiger partial charge in [-0.3, -0.25) is 4.98 Å². The lowest BCUT2D eigenvalue weighted by atomic mass is 10.1. The minimum atomic E-state index is -3.59. The Morgan fingerprint density at radius 2 is 1.89 bits per heavy atom. The molecule has 0 saturated heterocycles. The van der Waals surface area contributed by atoms with E-state index in [2.05, 4.69) is 16.6 Å². The van der Waals surface area contributed by atoms with Gasteiger partial charge in [-0.25, -0.2) is 17.7 Å². The molecule has 0 unspecified atom stereocenters. The number of nitrogens with zero attached hydrogens (tertiary/aromatic N) is 1. The molecule has 0 aliphatic heterocycles. The number of aromatic amines is 1. The number of nitrogens with one attached hydrogen (secondary N) is 2. The van der Waals surface area contributed by atoms with Gasteiger partial charge in [0, 0.05) is 17.3 Å². The number of fused-ring (bicyclic) bond motifs is 1. The van der Waals surface area contributed by atoms with Gasteiger partial charge in [-0.15, -0.1) is 0 Å². The van der Waals surface area contributed by atoms with Crippen LogP contribution >= 0.6 is 0 Å². The van der Waals surface area contributed by atoms with Crippen LogP contribution < -0.4 is 31.0 Å². The average molecular weight is 468 g/mol. The number of unbranched alkanes of at least 4 members (excludes halogenated alkanes) is 1. The van der Waals surface area contributed by atoms with E-state index in [1.807, 2.05) is 47.6 Å². The SMILES string of the molecule is CCCCOc1ccc(S(=O)(=O)NCCC[n+]2cc[nH]c2)c2ccccc12.[Br-]. The fourth-order valence-electron chi connectivity index (χ4n) is 2.94. The number of benzene rings is 2. The van der Waals surface area contributed by atoms with Gasteiger partial charge in [0.25, 0.3) is 0 Å². The zero-order chi connectivity index (χ0) is 19.1. The first-order valence-corrected chi connectivity index (χ1v) is 10.8. The maximum atomic E-state index is 12.8. The zero-order valence-electron chi connectivity index (χ0n) is 15.9. The third-order valence-electron chi connectivity index (χ3n) is 4.38. The van der Waals surface area contributed by atoms with E-state index in [-0.39, 0.29) is 21.9 Å². The van der Waals surface area contributed by atoms with Crippen LogP contribution in [0.2, 0.25) is 0 Å². The minimum absolute atomic E-state index is 0. The van der Waals surface area contributed by atoms with Gasteiger partial charge in [0.1, 0.15) is 18.1 Å². The lowest BCUT2D eigenvalue weighted by Crippen LogP contribution is -3.00. The molecule has 0 saturated carbocycles. The first-order chi connectivity index (χ1) is 13.1. The molecule has 0 aliphatic rings. The summed E-state index contributed by atoms with van der Waals surface area (Å²) in [5, 5.41) is 1.50. The number of ether oxygens (including phenoxy) is 1. The lowest BCUT2D eigenvalue weighted by Gasteiger charge is -2.13. The number of hydrogen-bond donors (Lipinski definition) is 2. The summed E-state index contributed by atoms with van der Waals surface area (Å²) in [4.78, 5) is 3.26. The Labute approximate surface area is 176 Å².